The molecule has 1 aliphatic rings. The van der Waals surface area contributed by atoms with Crippen LogP contribution in [-0.4, -0.2) is 10.9 Å². The van der Waals surface area contributed by atoms with Gasteiger partial charge in [0.1, 0.15) is 11.2 Å². The number of hydrogen-bond acceptors (Lipinski definition) is 3. The highest BCUT2D eigenvalue weighted by Gasteiger charge is 2.39. The molecule has 0 aromatic carbocycles. The summed E-state index contributed by atoms with van der Waals surface area (Å²) in [5.41, 5.74) is -0.00744. The van der Waals surface area contributed by atoms with Crippen LogP contribution < -0.4 is 5.32 Å². The lowest BCUT2D eigenvalue weighted by atomic mass is 9.81. The molecule has 1 amide bonds. The minimum Gasteiger partial charge on any atom is -0.309 e. The molecule has 5 heteroatoms. The molecule has 0 unspecified atom stereocenters. The second-order valence-corrected chi connectivity index (χ2v) is 6.30. The number of amides is 1. The standard InChI is InChI=1S/C15H18BrN3O/c1-11-8-12(16)9-18-13(11)19-14(20)15(10-17)6-4-2-3-5-7-15/h8-9H,2-7H2,1H3,(H,18,19,20). The van der Waals surface area contributed by atoms with E-state index >= 15 is 0 Å². The lowest BCUT2D eigenvalue weighted by molar-refractivity contribution is -0.123. The number of carbonyl (C=O) groups is 1. The quantitative estimate of drug-likeness (QED) is 0.832. The summed E-state index contributed by atoms with van der Waals surface area (Å²) >= 11 is 3.35. The van der Waals surface area contributed by atoms with Crippen LogP contribution in [0, 0.1) is 23.7 Å². The van der Waals surface area contributed by atoms with Crippen molar-refractivity contribution in [3.05, 3.63) is 22.3 Å². The number of nitriles is 1. The molecule has 4 nitrogen and oxygen atoms in total. The molecule has 0 aliphatic heterocycles. The van der Waals surface area contributed by atoms with Crippen molar-refractivity contribution in [2.45, 2.75) is 45.4 Å². The van der Waals surface area contributed by atoms with Crippen LogP contribution in [0.4, 0.5) is 5.82 Å². The molecular weight excluding hydrogens is 318 g/mol. The topological polar surface area (TPSA) is 65.8 Å². The predicted octanol–water partition coefficient (Wildman–Crippen LogP) is 3.96. The average molecular weight is 336 g/mol. The number of aromatic nitrogens is 1. The van der Waals surface area contributed by atoms with Gasteiger partial charge in [-0.2, -0.15) is 5.26 Å². The smallest absolute Gasteiger partial charge is 0.246 e. The van der Waals surface area contributed by atoms with Gasteiger partial charge >= 0.3 is 0 Å². The van der Waals surface area contributed by atoms with Crippen LogP contribution in [0.5, 0.6) is 0 Å². The molecule has 0 bridgehead atoms. The van der Waals surface area contributed by atoms with E-state index in [1.165, 1.54) is 0 Å². The molecule has 1 saturated carbocycles. The minimum atomic E-state index is -0.891. The van der Waals surface area contributed by atoms with Crippen LogP contribution in [0.25, 0.3) is 0 Å². The molecule has 1 N–H and O–H groups in total. The number of nitrogens with zero attached hydrogens (tertiary/aromatic N) is 2. The highest BCUT2D eigenvalue weighted by molar-refractivity contribution is 9.10. The second kappa shape index (κ2) is 6.36. The lowest BCUT2D eigenvalue weighted by Crippen LogP contribution is -2.35. The van der Waals surface area contributed by atoms with Crippen molar-refractivity contribution in [1.29, 1.82) is 5.26 Å². The molecule has 0 atom stereocenters. The third-order valence-corrected chi connectivity index (χ3v) is 4.32. The third kappa shape index (κ3) is 3.18. The van der Waals surface area contributed by atoms with Gasteiger partial charge in [-0.3, -0.25) is 4.79 Å². The lowest BCUT2D eigenvalue weighted by Gasteiger charge is -2.23. The summed E-state index contributed by atoms with van der Waals surface area (Å²) in [6.07, 6.45) is 7.02. The van der Waals surface area contributed by atoms with Crippen molar-refractivity contribution >= 4 is 27.7 Å². The van der Waals surface area contributed by atoms with E-state index in [4.69, 9.17) is 0 Å². The fraction of sp³-hybridized carbons (Fsp3) is 0.533. The summed E-state index contributed by atoms with van der Waals surface area (Å²) < 4.78 is 0.873. The molecule has 1 aliphatic carbocycles. The molecule has 0 spiro atoms. The third-order valence-electron chi connectivity index (χ3n) is 3.88. The normalized spacial score (nSPS) is 17.9. The number of hydrogen-bond donors (Lipinski definition) is 1. The highest BCUT2D eigenvalue weighted by Crippen LogP contribution is 2.35. The van der Waals surface area contributed by atoms with Crippen molar-refractivity contribution in [3.8, 4) is 6.07 Å². The number of aryl methyl sites for hydroxylation is 1. The molecule has 0 saturated heterocycles. The zero-order valence-electron chi connectivity index (χ0n) is 11.6. The van der Waals surface area contributed by atoms with E-state index in [2.05, 4.69) is 32.3 Å². The first-order chi connectivity index (χ1) is 9.57. The number of anilines is 1. The fourth-order valence-electron chi connectivity index (χ4n) is 2.62. The zero-order valence-corrected chi connectivity index (χ0v) is 13.2. The van der Waals surface area contributed by atoms with Crippen molar-refractivity contribution in [3.63, 3.8) is 0 Å². The van der Waals surface area contributed by atoms with Crippen LogP contribution >= 0.6 is 15.9 Å². The molecule has 106 valence electrons. The summed E-state index contributed by atoms with van der Waals surface area (Å²) in [4.78, 5) is 16.7. The zero-order chi connectivity index (χ0) is 14.6. The average Bonchev–Trinajstić information content (AvgIpc) is 2.68. The molecule has 1 heterocycles. The Hall–Kier alpha value is -1.41. The molecule has 0 radical (unpaired) electrons. The van der Waals surface area contributed by atoms with Gasteiger partial charge in [0, 0.05) is 10.7 Å². The van der Waals surface area contributed by atoms with Gasteiger partial charge in [0.15, 0.2) is 0 Å². The monoisotopic (exact) mass is 335 g/mol. The summed E-state index contributed by atoms with van der Waals surface area (Å²) in [6, 6.07) is 4.16. The number of carbonyl (C=O) groups excluding carboxylic acids is 1. The SMILES string of the molecule is Cc1cc(Br)cnc1NC(=O)C1(C#N)CCCCCC1. The first-order valence-electron chi connectivity index (χ1n) is 6.92. The Labute approximate surface area is 127 Å². The largest absolute Gasteiger partial charge is 0.309 e. The molecule has 1 aromatic heterocycles. The number of pyridine rings is 1. The second-order valence-electron chi connectivity index (χ2n) is 5.38. The van der Waals surface area contributed by atoms with Gasteiger partial charge in [-0.15, -0.1) is 0 Å². The van der Waals surface area contributed by atoms with Crippen molar-refractivity contribution < 1.29 is 4.79 Å². The Balaban J connectivity index is 2.19. The fourth-order valence-corrected chi connectivity index (χ4v) is 3.07. The van der Waals surface area contributed by atoms with Gasteiger partial charge in [-0.05, 0) is 47.3 Å². The number of nitrogens with one attached hydrogen (secondary N) is 1. The molecular formula is C15H18BrN3O. The van der Waals surface area contributed by atoms with E-state index in [1.807, 2.05) is 13.0 Å². The summed E-state index contributed by atoms with van der Waals surface area (Å²) in [6.45, 7) is 1.89. The van der Waals surface area contributed by atoms with E-state index in [-0.39, 0.29) is 5.91 Å². The maximum absolute atomic E-state index is 12.5. The Kier molecular flexibility index (Phi) is 4.77. The van der Waals surface area contributed by atoms with Crippen LogP contribution in [0.2, 0.25) is 0 Å². The summed E-state index contributed by atoms with van der Waals surface area (Å²) in [5.74, 6) is 0.330. The Morgan fingerprint density at radius 2 is 2.05 bits per heavy atom. The van der Waals surface area contributed by atoms with Gasteiger partial charge in [0.25, 0.3) is 0 Å². The van der Waals surface area contributed by atoms with Gasteiger partial charge < -0.3 is 5.32 Å². The van der Waals surface area contributed by atoms with E-state index < -0.39 is 5.41 Å². The first kappa shape index (κ1) is 15.0. The van der Waals surface area contributed by atoms with E-state index in [0.717, 1.165) is 35.7 Å². The Morgan fingerprint density at radius 3 is 2.60 bits per heavy atom. The van der Waals surface area contributed by atoms with Crippen molar-refractivity contribution in [2.24, 2.45) is 5.41 Å². The van der Waals surface area contributed by atoms with Crippen molar-refractivity contribution in [1.82, 2.24) is 4.98 Å². The van der Waals surface area contributed by atoms with Crippen LogP contribution in [0.15, 0.2) is 16.7 Å². The van der Waals surface area contributed by atoms with Crippen molar-refractivity contribution in [2.75, 3.05) is 5.32 Å². The van der Waals surface area contributed by atoms with Crippen LogP contribution in [-0.2, 0) is 4.79 Å². The first-order valence-corrected chi connectivity index (χ1v) is 7.71. The summed E-state index contributed by atoms with van der Waals surface area (Å²) in [7, 11) is 0. The Bertz CT molecular complexity index is 543. The molecule has 2 rings (SSSR count). The summed E-state index contributed by atoms with van der Waals surface area (Å²) in [5, 5.41) is 12.3. The van der Waals surface area contributed by atoms with Gasteiger partial charge in [0.05, 0.1) is 6.07 Å². The van der Waals surface area contributed by atoms with Gasteiger partial charge in [-0.1, -0.05) is 25.7 Å². The minimum absolute atomic E-state index is 0.208. The molecule has 20 heavy (non-hydrogen) atoms. The maximum Gasteiger partial charge on any atom is 0.246 e. The number of halogens is 1. The number of rotatable bonds is 2. The predicted molar refractivity (Wildman–Crippen MR) is 81.1 cm³/mol. The Morgan fingerprint density at radius 1 is 1.40 bits per heavy atom. The van der Waals surface area contributed by atoms with Crippen LogP contribution in [0.1, 0.15) is 44.1 Å². The van der Waals surface area contributed by atoms with E-state index in [1.54, 1.807) is 6.20 Å². The maximum atomic E-state index is 12.5. The van der Waals surface area contributed by atoms with E-state index in [0.29, 0.717) is 18.7 Å². The molecule has 1 fully saturated rings. The van der Waals surface area contributed by atoms with Gasteiger partial charge in [0.2, 0.25) is 5.91 Å². The highest BCUT2D eigenvalue weighted by atomic mass is 79.9. The van der Waals surface area contributed by atoms with Gasteiger partial charge in [-0.25, -0.2) is 4.98 Å². The molecule has 1 aromatic rings. The van der Waals surface area contributed by atoms with E-state index in [9.17, 15) is 10.1 Å². The van der Waals surface area contributed by atoms with Crippen LogP contribution in [0.3, 0.4) is 0 Å².